The van der Waals surface area contributed by atoms with Crippen LogP contribution in [-0.4, -0.2) is 56.1 Å². The maximum atomic E-state index is 14.1. The third-order valence-electron chi connectivity index (χ3n) is 8.53. The van der Waals surface area contributed by atoms with Crippen LogP contribution in [-0.2, 0) is 19.7 Å². The Kier molecular flexibility index (Phi) is 11.6. The molecule has 1 N–H and O–H groups in total. The Labute approximate surface area is 261 Å². The van der Waals surface area contributed by atoms with Crippen LogP contribution in [0.4, 0.5) is 5.69 Å². The highest BCUT2D eigenvalue weighted by Gasteiger charge is 2.63. The van der Waals surface area contributed by atoms with E-state index in [2.05, 4.69) is 38.8 Å². The number of hydrogen-bond donors (Lipinski definition) is 1. The smallest absolute Gasteiger partial charge is 0.238 e. The van der Waals surface area contributed by atoms with Gasteiger partial charge in [0.15, 0.2) is 0 Å². The first-order valence-electron chi connectivity index (χ1n) is 14.3. The minimum Gasteiger partial charge on any atom is -0.385 e. The van der Waals surface area contributed by atoms with Crippen LogP contribution in [0.5, 0.6) is 0 Å². The number of anilines is 1. The fourth-order valence-electron chi connectivity index (χ4n) is 5.97. The molecule has 5 nitrogen and oxygen atoms in total. The van der Waals surface area contributed by atoms with Gasteiger partial charge in [-0.15, -0.1) is 11.6 Å². The van der Waals surface area contributed by atoms with E-state index in [1.54, 1.807) is 19.2 Å². The Balaban J connectivity index is 0.000000507. The molecule has 2 aromatic rings. The van der Waals surface area contributed by atoms with Gasteiger partial charge in [0.05, 0.1) is 14.1 Å². The van der Waals surface area contributed by atoms with Gasteiger partial charge in [-0.2, -0.15) is 0 Å². The number of methoxy groups -OCH3 is 1. The number of ether oxygens (including phenoxy) is 1. The first-order chi connectivity index (χ1) is 19.4. The van der Waals surface area contributed by atoms with Gasteiger partial charge in [-0.05, 0) is 62.1 Å². The first-order valence-corrected chi connectivity index (χ1v) is 19.1. The molecule has 2 aliphatic heterocycles. The average molecular weight is 638 g/mol. The van der Waals surface area contributed by atoms with Gasteiger partial charge in [0, 0.05) is 53.3 Å². The molecular formula is C32H43Cl3N2O3Si. The van der Waals surface area contributed by atoms with Crippen LogP contribution in [0.3, 0.4) is 0 Å². The zero-order valence-electron chi connectivity index (χ0n) is 25.2. The second-order valence-corrected chi connectivity index (χ2v) is 18.6. The number of likely N-dealkylation sites (tertiary alicyclic amines) is 1. The van der Waals surface area contributed by atoms with Gasteiger partial charge in [-0.3, -0.25) is 9.59 Å². The van der Waals surface area contributed by atoms with Crippen LogP contribution >= 0.6 is 34.8 Å². The lowest BCUT2D eigenvalue weighted by atomic mass is 9.58. The van der Waals surface area contributed by atoms with E-state index in [0.717, 1.165) is 16.7 Å². The van der Waals surface area contributed by atoms with Crippen LogP contribution in [0.25, 0.3) is 0 Å². The van der Waals surface area contributed by atoms with Crippen molar-refractivity contribution in [3.63, 3.8) is 0 Å². The summed E-state index contributed by atoms with van der Waals surface area (Å²) >= 11 is 18.7. The summed E-state index contributed by atoms with van der Waals surface area (Å²) in [5.41, 5.74) is 2.96. The molecule has 2 amide bonds. The number of carbonyl (C=O) groups excluding carboxylic acids is 2. The zero-order valence-corrected chi connectivity index (χ0v) is 28.5. The van der Waals surface area contributed by atoms with E-state index >= 15 is 0 Å². The number of amides is 2. The number of carbonyl (C=O) groups is 2. The van der Waals surface area contributed by atoms with E-state index in [1.807, 2.05) is 48.2 Å². The monoisotopic (exact) mass is 636 g/mol. The number of nitrogens with one attached hydrogen (secondary N) is 1. The molecule has 0 bridgehead atoms. The number of halogens is 3. The van der Waals surface area contributed by atoms with Gasteiger partial charge >= 0.3 is 0 Å². The van der Waals surface area contributed by atoms with Crippen molar-refractivity contribution in [3.05, 3.63) is 75.3 Å². The molecule has 224 valence electrons. The molecule has 2 heterocycles. The third kappa shape index (κ3) is 6.88. The fourth-order valence-corrected chi connectivity index (χ4v) is 7.17. The summed E-state index contributed by atoms with van der Waals surface area (Å²) in [5, 5.41) is 4.22. The van der Waals surface area contributed by atoms with Gasteiger partial charge in [0.25, 0.3) is 0 Å². The quantitative estimate of drug-likeness (QED) is 0.180. The van der Waals surface area contributed by atoms with Crippen molar-refractivity contribution in [1.29, 1.82) is 0 Å². The highest BCUT2D eigenvalue weighted by atomic mass is 35.5. The molecule has 41 heavy (non-hydrogen) atoms. The largest absolute Gasteiger partial charge is 0.385 e. The lowest BCUT2D eigenvalue weighted by Crippen LogP contribution is -2.64. The fraction of sp³-hybridized carbons (Fsp3) is 0.500. The molecule has 4 unspecified atom stereocenters. The van der Waals surface area contributed by atoms with Crippen LogP contribution in [0, 0.1) is 0 Å². The standard InChI is InChI=1S/C26H27Cl3N2O2.C6H16OSi/c1-3-16(4-2)24-26(20-10-9-19(29)14-22(20)30-25(26)33)21(17-7-5-8-18(28)13-17)15-23(32)31(24)12-6-11-27;1-6(7-2)8(3,4)5/h3,5,7-10,13-14,21,24H,4,6,11-12,15H2,1-2H3,(H,30,33);6H,1-5H3. The van der Waals surface area contributed by atoms with Crippen LogP contribution in [0.15, 0.2) is 54.1 Å². The molecule has 2 aliphatic rings. The molecule has 0 radical (unpaired) electrons. The number of rotatable bonds is 8. The number of fused-ring (bicyclic) bond motifs is 2. The summed E-state index contributed by atoms with van der Waals surface area (Å²) in [6.07, 6.45) is 3.60. The summed E-state index contributed by atoms with van der Waals surface area (Å²) in [7, 11) is 0.798. The molecule has 9 heteroatoms. The van der Waals surface area contributed by atoms with Crippen molar-refractivity contribution in [1.82, 2.24) is 4.90 Å². The second-order valence-electron chi connectivity index (χ2n) is 11.8. The maximum absolute atomic E-state index is 14.1. The van der Waals surface area contributed by atoms with E-state index in [1.165, 1.54) is 0 Å². The molecule has 1 spiro atoms. The number of nitrogens with zero attached hydrogens (tertiary/aromatic N) is 1. The van der Waals surface area contributed by atoms with Crippen LogP contribution in [0.1, 0.15) is 57.1 Å². The maximum Gasteiger partial charge on any atom is 0.238 e. The van der Waals surface area contributed by atoms with E-state index < -0.39 is 19.5 Å². The zero-order chi connectivity index (χ0) is 30.5. The normalized spacial score (nSPS) is 23.2. The number of hydrogen-bond acceptors (Lipinski definition) is 3. The van der Waals surface area contributed by atoms with Crippen molar-refractivity contribution in [2.24, 2.45) is 0 Å². The Hall–Kier alpha value is -1.83. The van der Waals surface area contributed by atoms with Crippen molar-refractivity contribution >= 4 is 60.4 Å². The Morgan fingerprint density at radius 3 is 2.39 bits per heavy atom. The predicted octanol–water partition coefficient (Wildman–Crippen LogP) is 8.45. The third-order valence-corrected chi connectivity index (χ3v) is 11.9. The van der Waals surface area contributed by atoms with E-state index in [-0.39, 0.29) is 24.2 Å². The average Bonchev–Trinajstić information content (AvgIpc) is 3.20. The molecule has 0 aliphatic carbocycles. The van der Waals surface area contributed by atoms with Crippen LogP contribution < -0.4 is 5.32 Å². The van der Waals surface area contributed by atoms with Crippen molar-refractivity contribution in [3.8, 4) is 0 Å². The van der Waals surface area contributed by atoms with Crippen molar-refractivity contribution in [2.75, 3.05) is 24.9 Å². The van der Waals surface area contributed by atoms with Gasteiger partial charge in [0.2, 0.25) is 11.8 Å². The summed E-state index contributed by atoms with van der Waals surface area (Å²) in [6, 6.07) is 12.6. The highest BCUT2D eigenvalue weighted by Crippen LogP contribution is 2.57. The summed E-state index contributed by atoms with van der Waals surface area (Å²) in [4.78, 5) is 29.5. The Morgan fingerprint density at radius 1 is 1.17 bits per heavy atom. The van der Waals surface area contributed by atoms with Gasteiger partial charge in [0.1, 0.15) is 5.41 Å². The van der Waals surface area contributed by atoms with Gasteiger partial charge in [-0.1, -0.05) is 79.6 Å². The SMILES string of the molecule is CC=C(CC)C1N(CCCCl)C(=O)CC(c2cccc(Cl)c2)C12C(=O)Nc1cc(Cl)ccc12.COC(C)[Si](C)(C)C. The number of benzene rings is 2. The lowest BCUT2D eigenvalue weighted by Gasteiger charge is -2.52. The molecule has 2 aromatic carbocycles. The molecular weight excluding hydrogens is 595 g/mol. The molecule has 1 fully saturated rings. The summed E-state index contributed by atoms with van der Waals surface area (Å²) in [5.74, 6) is -0.0452. The van der Waals surface area contributed by atoms with E-state index in [4.69, 9.17) is 39.5 Å². The molecule has 4 rings (SSSR count). The molecule has 1 saturated heterocycles. The van der Waals surface area contributed by atoms with Gasteiger partial charge < -0.3 is 15.0 Å². The number of piperidine rings is 1. The summed E-state index contributed by atoms with van der Waals surface area (Å²) in [6.45, 7) is 13.6. The highest BCUT2D eigenvalue weighted by molar-refractivity contribution is 6.77. The van der Waals surface area contributed by atoms with Gasteiger partial charge in [-0.25, -0.2) is 0 Å². The van der Waals surface area contributed by atoms with Crippen molar-refractivity contribution < 1.29 is 14.3 Å². The molecule has 0 saturated carbocycles. The summed E-state index contributed by atoms with van der Waals surface area (Å²) < 4.78 is 5.18. The van der Waals surface area contributed by atoms with E-state index in [9.17, 15) is 9.59 Å². The second kappa shape index (κ2) is 14.1. The first kappa shape index (κ1) is 33.7. The lowest BCUT2D eigenvalue weighted by molar-refractivity contribution is -0.143. The van der Waals surface area contributed by atoms with Crippen molar-refractivity contribution in [2.45, 2.75) is 82.8 Å². The number of allylic oxidation sites excluding steroid dienone is 1. The Morgan fingerprint density at radius 2 is 1.85 bits per heavy atom. The predicted molar refractivity (Wildman–Crippen MR) is 175 cm³/mol. The van der Waals surface area contributed by atoms with E-state index in [0.29, 0.717) is 46.7 Å². The minimum atomic E-state index is -1.01. The molecule has 0 aromatic heterocycles. The number of alkyl halides is 1. The Bertz CT molecular complexity index is 1280. The minimum absolute atomic E-state index is 0.0173. The topological polar surface area (TPSA) is 58.6 Å². The van der Waals surface area contributed by atoms with Crippen LogP contribution in [0.2, 0.25) is 29.7 Å². The molecule has 4 atom stereocenters.